The van der Waals surface area contributed by atoms with Gasteiger partial charge in [-0.05, 0) is 24.6 Å². The second kappa shape index (κ2) is 5.98. The smallest absolute Gasteiger partial charge is 0.357 e. The minimum absolute atomic E-state index is 0.364. The van der Waals surface area contributed by atoms with Crippen LogP contribution in [0.1, 0.15) is 28.0 Å². The van der Waals surface area contributed by atoms with Gasteiger partial charge < -0.3 is 4.74 Å². The summed E-state index contributed by atoms with van der Waals surface area (Å²) < 4.78 is 4.89. The van der Waals surface area contributed by atoms with Gasteiger partial charge in [-0.15, -0.1) is 11.3 Å². The molecule has 0 atom stereocenters. The highest BCUT2D eigenvalue weighted by Gasteiger charge is 2.11. The van der Waals surface area contributed by atoms with Crippen LogP contribution in [-0.4, -0.2) is 17.6 Å². The van der Waals surface area contributed by atoms with Gasteiger partial charge in [-0.3, -0.25) is 0 Å². The van der Waals surface area contributed by atoms with Crippen molar-refractivity contribution in [2.45, 2.75) is 13.3 Å². The van der Waals surface area contributed by atoms with Gasteiger partial charge in [0.25, 0.3) is 0 Å². The summed E-state index contributed by atoms with van der Waals surface area (Å²) in [6.45, 7) is 2.14. The quantitative estimate of drug-likeness (QED) is 0.805. The zero-order chi connectivity index (χ0) is 13.0. The Hall–Kier alpha value is -1.39. The summed E-state index contributed by atoms with van der Waals surface area (Å²) in [5, 5.41) is 3.33. The Balaban J connectivity index is 2.06. The summed E-state index contributed by atoms with van der Waals surface area (Å²) in [4.78, 5) is 15.7. The number of esters is 1. The van der Waals surface area contributed by atoms with E-state index in [-0.39, 0.29) is 5.97 Å². The van der Waals surface area contributed by atoms with Gasteiger partial charge in [0, 0.05) is 16.8 Å². The molecule has 0 aliphatic heterocycles. The monoisotopic (exact) mass is 281 g/mol. The first-order valence-corrected chi connectivity index (χ1v) is 6.80. The Morgan fingerprint density at radius 3 is 2.78 bits per heavy atom. The van der Waals surface area contributed by atoms with Crippen LogP contribution in [-0.2, 0) is 11.2 Å². The molecule has 0 saturated carbocycles. The Bertz CT molecular complexity index is 536. The van der Waals surface area contributed by atoms with Gasteiger partial charge >= 0.3 is 5.97 Å². The van der Waals surface area contributed by atoms with Crippen molar-refractivity contribution in [1.29, 1.82) is 0 Å². The summed E-state index contributed by atoms with van der Waals surface area (Å²) in [5.41, 5.74) is 1.50. The van der Waals surface area contributed by atoms with Crippen molar-refractivity contribution >= 4 is 28.9 Å². The van der Waals surface area contributed by atoms with Crippen molar-refractivity contribution in [2.24, 2.45) is 0 Å². The van der Waals surface area contributed by atoms with E-state index in [4.69, 9.17) is 16.3 Å². The molecule has 1 heterocycles. The first kappa shape index (κ1) is 13.1. The zero-order valence-electron chi connectivity index (χ0n) is 9.85. The molecule has 0 amide bonds. The molecule has 0 radical (unpaired) electrons. The van der Waals surface area contributed by atoms with Crippen LogP contribution in [0.3, 0.4) is 0 Å². The number of thiazole rings is 1. The van der Waals surface area contributed by atoms with Gasteiger partial charge in [0.15, 0.2) is 5.69 Å². The molecule has 1 aromatic carbocycles. The highest BCUT2D eigenvalue weighted by Crippen LogP contribution is 2.17. The van der Waals surface area contributed by atoms with Crippen molar-refractivity contribution in [3.8, 4) is 0 Å². The van der Waals surface area contributed by atoms with Gasteiger partial charge in [-0.2, -0.15) is 0 Å². The molecule has 0 aliphatic carbocycles. The first-order valence-electron chi connectivity index (χ1n) is 5.55. The third-order valence-corrected chi connectivity index (χ3v) is 3.41. The number of halogens is 1. The highest BCUT2D eigenvalue weighted by atomic mass is 35.5. The van der Waals surface area contributed by atoms with Crippen molar-refractivity contribution in [3.05, 3.63) is 50.9 Å². The highest BCUT2D eigenvalue weighted by molar-refractivity contribution is 7.09. The number of hydrogen-bond acceptors (Lipinski definition) is 4. The maximum atomic E-state index is 11.5. The van der Waals surface area contributed by atoms with Gasteiger partial charge in [0.1, 0.15) is 0 Å². The Morgan fingerprint density at radius 2 is 2.11 bits per heavy atom. The van der Waals surface area contributed by atoms with E-state index < -0.39 is 0 Å². The molecular formula is C13H12ClNO2S. The van der Waals surface area contributed by atoms with E-state index in [0.717, 1.165) is 10.6 Å². The van der Waals surface area contributed by atoms with E-state index >= 15 is 0 Å². The fraction of sp³-hybridized carbons (Fsp3) is 0.231. The van der Waals surface area contributed by atoms with Crippen LogP contribution in [0, 0.1) is 0 Å². The molecule has 1 aromatic heterocycles. The lowest BCUT2D eigenvalue weighted by Gasteiger charge is -1.98. The van der Waals surface area contributed by atoms with E-state index in [0.29, 0.717) is 23.7 Å². The zero-order valence-corrected chi connectivity index (χ0v) is 11.4. The summed E-state index contributed by atoms with van der Waals surface area (Å²) in [6, 6.07) is 7.59. The van der Waals surface area contributed by atoms with Gasteiger partial charge in [0.2, 0.25) is 0 Å². The number of carbonyl (C=O) groups excluding carboxylic acids is 1. The summed E-state index contributed by atoms with van der Waals surface area (Å²) >= 11 is 7.28. The number of aromatic nitrogens is 1. The second-order valence-corrected chi connectivity index (χ2v) is 5.03. The van der Waals surface area contributed by atoms with E-state index in [1.54, 1.807) is 12.3 Å². The van der Waals surface area contributed by atoms with Crippen LogP contribution in [0.25, 0.3) is 0 Å². The fourth-order valence-electron chi connectivity index (χ4n) is 1.47. The summed E-state index contributed by atoms with van der Waals surface area (Å²) in [6.07, 6.45) is 0.696. The minimum atomic E-state index is -0.365. The Labute approximate surface area is 114 Å². The molecule has 0 saturated heterocycles. The molecule has 2 rings (SSSR count). The Morgan fingerprint density at radius 1 is 1.39 bits per heavy atom. The number of benzene rings is 1. The SMILES string of the molecule is CCOC(=O)c1csc(Cc2ccc(Cl)cc2)n1. The number of ether oxygens (including phenoxy) is 1. The van der Waals surface area contributed by atoms with E-state index in [1.807, 2.05) is 24.3 Å². The van der Waals surface area contributed by atoms with Gasteiger partial charge in [-0.1, -0.05) is 23.7 Å². The summed E-state index contributed by atoms with van der Waals surface area (Å²) in [5.74, 6) is -0.365. The van der Waals surface area contributed by atoms with Crippen molar-refractivity contribution < 1.29 is 9.53 Å². The molecule has 3 nitrogen and oxygen atoms in total. The van der Waals surface area contributed by atoms with E-state index in [9.17, 15) is 4.79 Å². The van der Waals surface area contributed by atoms with Crippen LogP contribution < -0.4 is 0 Å². The van der Waals surface area contributed by atoms with Gasteiger partial charge in [-0.25, -0.2) is 9.78 Å². The van der Waals surface area contributed by atoms with Crippen molar-refractivity contribution in [1.82, 2.24) is 4.98 Å². The van der Waals surface area contributed by atoms with Crippen molar-refractivity contribution in [2.75, 3.05) is 6.61 Å². The average molecular weight is 282 g/mol. The maximum Gasteiger partial charge on any atom is 0.357 e. The molecular weight excluding hydrogens is 270 g/mol. The van der Waals surface area contributed by atoms with E-state index in [2.05, 4.69) is 4.98 Å². The second-order valence-electron chi connectivity index (χ2n) is 3.65. The lowest BCUT2D eigenvalue weighted by atomic mass is 10.2. The molecule has 0 fully saturated rings. The molecule has 0 spiro atoms. The number of rotatable bonds is 4. The molecule has 5 heteroatoms. The maximum absolute atomic E-state index is 11.5. The molecule has 0 bridgehead atoms. The van der Waals surface area contributed by atoms with E-state index in [1.165, 1.54) is 11.3 Å². The standard InChI is InChI=1S/C13H12ClNO2S/c1-2-17-13(16)11-8-18-12(15-11)7-9-3-5-10(14)6-4-9/h3-6,8H,2,7H2,1H3. The molecule has 0 aliphatic rings. The predicted molar refractivity (Wildman–Crippen MR) is 72.3 cm³/mol. The topological polar surface area (TPSA) is 39.2 Å². The van der Waals surface area contributed by atoms with Crippen LogP contribution in [0.5, 0.6) is 0 Å². The third-order valence-electron chi connectivity index (χ3n) is 2.30. The number of carbonyl (C=O) groups is 1. The minimum Gasteiger partial charge on any atom is -0.461 e. The van der Waals surface area contributed by atoms with Crippen LogP contribution in [0.4, 0.5) is 0 Å². The normalized spacial score (nSPS) is 10.3. The molecule has 2 aromatic rings. The Kier molecular flexibility index (Phi) is 4.33. The number of hydrogen-bond donors (Lipinski definition) is 0. The number of nitrogens with zero attached hydrogens (tertiary/aromatic N) is 1. The van der Waals surface area contributed by atoms with Crippen LogP contribution in [0.15, 0.2) is 29.6 Å². The average Bonchev–Trinajstić information content (AvgIpc) is 2.81. The lowest BCUT2D eigenvalue weighted by molar-refractivity contribution is 0.0520. The fourth-order valence-corrected chi connectivity index (χ4v) is 2.39. The molecule has 18 heavy (non-hydrogen) atoms. The molecule has 0 N–H and O–H groups in total. The third kappa shape index (κ3) is 3.31. The molecule has 0 unspecified atom stereocenters. The van der Waals surface area contributed by atoms with Crippen LogP contribution >= 0.6 is 22.9 Å². The van der Waals surface area contributed by atoms with Crippen LogP contribution in [0.2, 0.25) is 5.02 Å². The first-order chi connectivity index (χ1) is 8.69. The largest absolute Gasteiger partial charge is 0.461 e. The molecule has 94 valence electrons. The van der Waals surface area contributed by atoms with Crippen molar-refractivity contribution in [3.63, 3.8) is 0 Å². The predicted octanol–water partition coefficient (Wildman–Crippen LogP) is 3.56. The summed E-state index contributed by atoms with van der Waals surface area (Å²) in [7, 11) is 0. The van der Waals surface area contributed by atoms with Gasteiger partial charge in [0.05, 0.1) is 11.6 Å². The lowest BCUT2D eigenvalue weighted by Crippen LogP contribution is -2.05.